The predicted molar refractivity (Wildman–Crippen MR) is 56.0 cm³/mol. The molecule has 0 fully saturated rings. The van der Waals surface area contributed by atoms with E-state index in [1.54, 1.807) is 6.92 Å². The summed E-state index contributed by atoms with van der Waals surface area (Å²) in [6, 6.07) is 9.49. The van der Waals surface area contributed by atoms with Crippen LogP contribution in [0.5, 0.6) is 0 Å². The van der Waals surface area contributed by atoms with Gasteiger partial charge in [0.15, 0.2) is 0 Å². The summed E-state index contributed by atoms with van der Waals surface area (Å²) >= 11 is 0. The maximum Gasteiger partial charge on any atom is 0.0992 e. The molecule has 3 N–H and O–H groups in total. The molecule has 0 aliphatic carbocycles. The van der Waals surface area contributed by atoms with E-state index in [1.165, 1.54) is 0 Å². The van der Waals surface area contributed by atoms with Crippen LogP contribution >= 0.6 is 0 Å². The van der Waals surface area contributed by atoms with E-state index < -0.39 is 5.60 Å². The summed E-state index contributed by atoms with van der Waals surface area (Å²) in [7, 11) is 0. The van der Waals surface area contributed by atoms with Gasteiger partial charge in [-0.15, -0.1) is 0 Å². The number of benzene rings is 1. The topological polar surface area (TPSA) is 52.5 Å². The van der Waals surface area contributed by atoms with E-state index in [2.05, 4.69) is 5.32 Å². The average Bonchev–Trinajstić information content (AvgIpc) is 2.19. The van der Waals surface area contributed by atoms with Gasteiger partial charge in [-0.1, -0.05) is 30.3 Å². The van der Waals surface area contributed by atoms with Gasteiger partial charge in [0.25, 0.3) is 0 Å². The maximum atomic E-state index is 10.1. The zero-order valence-corrected chi connectivity index (χ0v) is 8.40. The van der Waals surface area contributed by atoms with Gasteiger partial charge in [-0.25, -0.2) is 0 Å². The Morgan fingerprint density at radius 2 is 1.93 bits per heavy atom. The quantitative estimate of drug-likeness (QED) is 0.599. The van der Waals surface area contributed by atoms with Crippen molar-refractivity contribution in [2.45, 2.75) is 12.5 Å². The Morgan fingerprint density at radius 1 is 1.29 bits per heavy atom. The Kier molecular flexibility index (Phi) is 4.07. The Labute approximate surface area is 84.4 Å². The molecule has 14 heavy (non-hydrogen) atoms. The minimum absolute atomic E-state index is 0.0882. The van der Waals surface area contributed by atoms with E-state index in [0.717, 1.165) is 5.56 Å². The zero-order valence-electron chi connectivity index (χ0n) is 8.40. The lowest BCUT2D eigenvalue weighted by Crippen LogP contribution is -2.36. The number of aliphatic hydroxyl groups excluding tert-OH is 1. The van der Waals surface area contributed by atoms with Gasteiger partial charge in [0.05, 0.1) is 12.2 Å². The molecule has 1 atom stereocenters. The standard InChI is InChI=1S/C11H17NO2/c1-11(14,9-12-7-8-13)10-5-3-2-4-6-10/h2-6,12-14H,7-9H2,1H3. The summed E-state index contributed by atoms with van der Waals surface area (Å²) in [5, 5.41) is 21.6. The molecule has 1 unspecified atom stereocenters. The minimum atomic E-state index is -0.879. The molecular formula is C11H17NO2. The van der Waals surface area contributed by atoms with E-state index in [9.17, 15) is 5.11 Å². The van der Waals surface area contributed by atoms with E-state index in [0.29, 0.717) is 13.1 Å². The lowest BCUT2D eigenvalue weighted by molar-refractivity contribution is 0.0560. The number of hydrogen-bond donors (Lipinski definition) is 3. The van der Waals surface area contributed by atoms with Crippen molar-refractivity contribution in [3.05, 3.63) is 35.9 Å². The predicted octanol–water partition coefficient (Wildman–Crippen LogP) is 0.476. The second kappa shape index (κ2) is 5.10. The lowest BCUT2D eigenvalue weighted by atomic mass is 9.96. The highest BCUT2D eigenvalue weighted by Gasteiger charge is 2.21. The molecule has 1 aromatic rings. The molecule has 0 aliphatic heterocycles. The molecule has 1 rings (SSSR count). The third-order valence-corrected chi connectivity index (χ3v) is 2.15. The van der Waals surface area contributed by atoms with Crippen LogP contribution in [0.2, 0.25) is 0 Å². The van der Waals surface area contributed by atoms with Crippen LogP contribution in [0.4, 0.5) is 0 Å². The van der Waals surface area contributed by atoms with Gasteiger partial charge < -0.3 is 15.5 Å². The fourth-order valence-corrected chi connectivity index (χ4v) is 1.31. The van der Waals surface area contributed by atoms with Crippen molar-refractivity contribution < 1.29 is 10.2 Å². The van der Waals surface area contributed by atoms with Crippen LogP contribution in [0.3, 0.4) is 0 Å². The third-order valence-electron chi connectivity index (χ3n) is 2.15. The molecule has 78 valence electrons. The molecular weight excluding hydrogens is 178 g/mol. The molecule has 3 nitrogen and oxygen atoms in total. The number of nitrogens with one attached hydrogen (secondary N) is 1. The summed E-state index contributed by atoms with van der Waals surface area (Å²) in [5.74, 6) is 0. The smallest absolute Gasteiger partial charge is 0.0992 e. The first-order valence-corrected chi connectivity index (χ1v) is 4.76. The molecule has 0 bridgehead atoms. The van der Waals surface area contributed by atoms with Gasteiger partial charge in [-0.2, -0.15) is 0 Å². The molecule has 0 saturated carbocycles. The molecule has 3 heteroatoms. The highest BCUT2D eigenvalue weighted by Crippen LogP contribution is 2.18. The van der Waals surface area contributed by atoms with E-state index in [4.69, 9.17) is 5.11 Å². The summed E-state index contributed by atoms with van der Waals surface area (Å²) in [4.78, 5) is 0. The van der Waals surface area contributed by atoms with Crippen molar-refractivity contribution in [3.63, 3.8) is 0 Å². The molecule has 1 aromatic carbocycles. The Morgan fingerprint density at radius 3 is 2.50 bits per heavy atom. The number of rotatable bonds is 5. The van der Waals surface area contributed by atoms with E-state index in [1.807, 2.05) is 30.3 Å². The summed E-state index contributed by atoms with van der Waals surface area (Å²) < 4.78 is 0. The van der Waals surface area contributed by atoms with Crippen LogP contribution in [0.15, 0.2) is 30.3 Å². The van der Waals surface area contributed by atoms with E-state index >= 15 is 0 Å². The van der Waals surface area contributed by atoms with Crippen molar-refractivity contribution in [2.75, 3.05) is 19.7 Å². The Hall–Kier alpha value is -0.900. The highest BCUT2D eigenvalue weighted by molar-refractivity contribution is 5.21. The fourth-order valence-electron chi connectivity index (χ4n) is 1.31. The van der Waals surface area contributed by atoms with Gasteiger partial charge in [0.1, 0.15) is 0 Å². The first kappa shape index (κ1) is 11.2. The van der Waals surface area contributed by atoms with Gasteiger partial charge in [0, 0.05) is 13.1 Å². The number of aliphatic hydroxyl groups is 2. The van der Waals surface area contributed by atoms with Crippen LogP contribution in [-0.4, -0.2) is 29.9 Å². The summed E-state index contributed by atoms with van der Waals surface area (Å²) in [5.41, 5.74) is 0.00150. The van der Waals surface area contributed by atoms with Crippen molar-refractivity contribution in [1.29, 1.82) is 0 Å². The van der Waals surface area contributed by atoms with Crippen molar-refractivity contribution in [2.24, 2.45) is 0 Å². The molecule has 0 heterocycles. The minimum Gasteiger partial charge on any atom is -0.395 e. The normalized spacial score (nSPS) is 15.1. The van der Waals surface area contributed by atoms with Crippen LogP contribution < -0.4 is 5.32 Å². The molecule has 0 aliphatic rings. The van der Waals surface area contributed by atoms with Gasteiger partial charge in [-0.3, -0.25) is 0 Å². The van der Waals surface area contributed by atoms with Crippen LogP contribution in [0, 0.1) is 0 Å². The maximum absolute atomic E-state index is 10.1. The first-order chi connectivity index (χ1) is 6.67. The largest absolute Gasteiger partial charge is 0.395 e. The highest BCUT2D eigenvalue weighted by atomic mass is 16.3. The Balaban J connectivity index is 2.56. The van der Waals surface area contributed by atoms with Crippen LogP contribution in [0.1, 0.15) is 12.5 Å². The van der Waals surface area contributed by atoms with Crippen molar-refractivity contribution >= 4 is 0 Å². The zero-order chi connectivity index (χ0) is 10.4. The van der Waals surface area contributed by atoms with Crippen molar-refractivity contribution in [1.82, 2.24) is 5.32 Å². The van der Waals surface area contributed by atoms with Crippen LogP contribution in [-0.2, 0) is 5.60 Å². The summed E-state index contributed by atoms with van der Waals surface area (Å²) in [6.07, 6.45) is 0. The molecule has 0 spiro atoms. The molecule has 0 aromatic heterocycles. The van der Waals surface area contributed by atoms with Crippen molar-refractivity contribution in [3.8, 4) is 0 Å². The number of hydrogen-bond acceptors (Lipinski definition) is 3. The van der Waals surface area contributed by atoms with Crippen LogP contribution in [0.25, 0.3) is 0 Å². The third kappa shape index (κ3) is 3.10. The molecule has 0 radical (unpaired) electrons. The SMILES string of the molecule is CC(O)(CNCCO)c1ccccc1. The lowest BCUT2D eigenvalue weighted by Gasteiger charge is -2.24. The Bertz CT molecular complexity index is 259. The molecule has 0 amide bonds. The van der Waals surface area contributed by atoms with Gasteiger partial charge in [0.2, 0.25) is 0 Å². The summed E-state index contributed by atoms with van der Waals surface area (Å²) in [6.45, 7) is 2.79. The second-order valence-electron chi connectivity index (χ2n) is 3.54. The average molecular weight is 195 g/mol. The first-order valence-electron chi connectivity index (χ1n) is 4.76. The van der Waals surface area contributed by atoms with E-state index in [-0.39, 0.29) is 6.61 Å². The van der Waals surface area contributed by atoms with Gasteiger partial charge >= 0.3 is 0 Å². The van der Waals surface area contributed by atoms with Gasteiger partial charge in [-0.05, 0) is 12.5 Å². The molecule has 0 saturated heterocycles. The second-order valence-corrected chi connectivity index (χ2v) is 3.54. The monoisotopic (exact) mass is 195 g/mol. The fraction of sp³-hybridized carbons (Fsp3) is 0.455.